The van der Waals surface area contributed by atoms with Gasteiger partial charge in [-0.3, -0.25) is 0 Å². The molecular formula is C34H34O6. The zero-order valence-electron chi connectivity index (χ0n) is 22.3. The number of benzene rings is 4. The first-order valence-electron chi connectivity index (χ1n) is 13.3. The van der Waals surface area contributed by atoms with Crippen LogP contribution in [-0.4, -0.2) is 37.0 Å². The Kier molecular flexibility index (Phi) is 11.8. The Labute approximate surface area is 235 Å². The Hall–Kier alpha value is -3.94. The second-order valence-electron chi connectivity index (χ2n) is 9.32. The minimum atomic E-state index is -1.02. The largest absolute Gasteiger partial charge is 0.368 e. The maximum Gasteiger partial charge on any atom is 0.151 e. The zero-order valence-corrected chi connectivity index (χ0v) is 22.3. The lowest BCUT2D eigenvalue weighted by atomic mass is 10.0. The average Bonchev–Trinajstić information content (AvgIpc) is 3.02. The first kappa shape index (κ1) is 29.1. The number of hydrogen-bond acceptors (Lipinski definition) is 6. The molecule has 0 aliphatic carbocycles. The van der Waals surface area contributed by atoms with Crippen LogP contribution in [0.25, 0.3) is 0 Å². The van der Waals surface area contributed by atoms with Gasteiger partial charge in [-0.2, -0.15) is 0 Å². The van der Waals surface area contributed by atoms with Gasteiger partial charge < -0.3 is 28.5 Å². The van der Waals surface area contributed by atoms with Crippen molar-refractivity contribution < 1.29 is 28.5 Å². The van der Waals surface area contributed by atoms with Crippen molar-refractivity contribution in [1.82, 2.24) is 0 Å². The molecule has 0 unspecified atom stereocenters. The predicted molar refractivity (Wildman–Crippen MR) is 152 cm³/mol. The van der Waals surface area contributed by atoms with Crippen molar-refractivity contribution >= 4 is 12.6 Å². The summed E-state index contributed by atoms with van der Waals surface area (Å²) in [4.78, 5) is 24.9. The smallest absolute Gasteiger partial charge is 0.151 e. The highest BCUT2D eigenvalue weighted by atomic mass is 16.6. The number of carbonyl (C=O) groups excluding carboxylic acids is 2. The highest BCUT2D eigenvalue weighted by Gasteiger charge is 2.38. The van der Waals surface area contributed by atoms with Crippen molar-refractivity contribution in [3.8, 4) is 0 Å². The number of ether oxygens (including phenoxy) is 4. The van der Waals surface area contributed by atoms with E-state index in [4.69, 9.17) is 18.9 Å². The summed E-state index contributed by atoms with van der Waals surface area (Å²) in [6.45, 7) is 0.773. The molecule has 0 N–H and O–H groups in total. The van der Waals surface area contributed by atoms with Gasteiger partial charge in [-0.25, -0.2) is 0 Å². The van der Waals surface area contributed by atoms with Gasteiger partial charge in [0, 0.05) is 0 Å². The molecule has 0 amide bonds. The molecule has 0 aromatic heterocycles. The van der Waals surface area contributed by atoms with E-state index in [9.17, 15) is 9.59 Å². The molecule has 0 saturated carbocycles. The third-order valence-electron chi connectivity index (χ3n) is 6.38. The van der Waals surface area contributed by atoms with E-state index in [1.807, 2.05) is 121 Å². The van der Waals surface area contributed by atoms with Gasteiger partial charge in [0.15, 0.2) is 12.6 Å². The minimum absolute atomic E-state index is 0.192. The highest BCUT2D eigenvalue weighted by molar-refractivity contribution is 5.60. The van der Waals surface area contributed by atoms with Crippen molar-refractivity contribution in [1.29, 1.82) is 0 Å². The van der Waals surface area contributed by atoms with Crippen LogP contribution in [0.3, 0.4) is 0 Å². The summed E-state index contributed by atoms with van der Waals surface area (Å²) in [5.41, 5.74) is 3.64. The molecule has 206 valence electrons. The Morgan fingerprint density at radius 1 is 0.400 bits per heavy atom. The first-order valence-corrected chi connectivity index (χ1v) is 13.3. The summed E-state index contributed by atoms with van der Waals surface area (Å²) in [5.74, 6) is 0. The van der Waals surface area contributed by atoms with E-state index in [0.29, 0.717) is 12.6 Å². The summed E-state index contributed by atoms with van der Waals surface area (Å²) in [5, 5.41) is 0. The fraction of sp³-hybridized carbons (Fsp3) is 0.235. The van der Waals surface area contributed by atoms with Gasteiger partial charge in [0.25, 0.3) is 0 Å². The van der Waals surface area contributed by atoms with E-state index < -0.39 is 24.4 Å². The van der Waals surface area contributed by atoms with Crippen LogP contribution in [0.1, 0.15) is 22.3 Å². The standard InChI is InChI=1S/C34H34O6/c35-21-31(37-23-27-13-5-1-6-14-27)33(39-25-29-17-9-3-10-18-29)34(40-26-30-19-11-4-12-20-30)32(22-36)38-24-28-15-7-2-8-16-28/h1-22,31-34H,23-26H2/t31-,32-,33-,34-/m1/s1. The molecule has 0 spiro atoms. The molecule has 0 fully saturated rings. The van der Waals surface area contributed by atoms with Crippen LogP contribution < -0.4 is 0 Å². The lowest BCUT2D eigenvalue weighted by molar-refractivity contribution is -0.187. The van der Waals surface area contributed by atoms with Gasteiger partial charge >= 0.3 is 0 Å². The monoisotopic (exact) mass is 538 g/mol. The van der Waals surface area contributed by atoms with Gasteiger partial charge in [0.2, 0.25) is 0 Å². The quantitative estimate of drug-likeness (QED) is 0.160. The topological polar surface area (TPSA) is 71.1 Å². The second kappa shape index (κ2) is 16.2. The van der Waals surface area contributed by atoms with Crippen molar-refractivity contribution in [2.75, 3.05) is 0 Å². The maximum atomic E-state index is 12.5. The van der Waals surface area contributed by atoms with Crippen molar-refractivity contribution in [3.63, 3.8) is 0 Å². The van der Waals surface area contributed by atoms with Crippen LogP contribution in [0.2, 0.25) is 0 Å². The summed E-state index contributed by atoms with van der Waals surface area (Å²) in [6.07, 6.45) is -2.50. The average molecular weight is 539 g/mol. The summed E-state index contributed by atoms with van der Waals surface area (Å²) < 4.78 is 24.8. The number of hydrogen-bond donors (Lipinski definition) is 0. The van der Waals surface area contributed by atoms with E-state index in [2.05, 4.69) is 0 Å². The lowest BCUT2D eigenvalue weighted by Gasteiger charge is -2.34. The van der Waals surface area contributed by atoms with Gasteiger partial charge in [-0.1, -0.05) is 121 Å². The van der Waals surface area contributed by atoms with Crippen LogP contribution >= 0.6 is 0 Å². The maximum absolute atomic E-state index is 12.5. The van der Waals surface area contributed by atoms with Crippen LogP contribution in [-0.2, 0) is 55.0 Å². The normalized spacial score (nSPS) is 14.1. The Balaban J connectivity index is 1.60. The molecule has 6 heteroatoms. The van der Waals surface area contributed by atoms with Crippen molar-refractivity contribution in [3.05, 3.63) is 144 Å². The molecule has 4 aromatic carbocycles. The van der Waals surface area contributed by atoms with E-state index in [1.165, 1.54) is 0 Å². The van der Waals surface area contributed by atoms with Crippen LogP contribution in [0.5, 0.6) is 0 Å². The van der Waals surface area contributed by atoms with Gasteiger partial charge in [-0.05, 0) is 22.3 Å². The predicted octanol–water partition coefficient (Wildman–Crippen LogP) is 5.73. The molecule has 0 aliphatic rings. The number of carbonyl (C=O) groups is 2. The summed E-state index contributed by atoms with van der Waals surface area (Å²) >= 11 is 0. The molecule has 4 rings (SSSR count). The SMILES string of the molecule is O=C[C@@H](OCc1ccccc1)[C@@H](OCc1ccccc1)[C@H](OCc1ccccc1)[C@@H](C=O)OCc1ccccc1. The third kappa shape index (κ3) is 9.07. The molecule has 0 heterocycles. The van der Waals surface area contributed by atoms with Crippen molar-refractivity contribution in [2.24, 2.45) is 0 Å². The molecule has 0 aliphatic heterocycles. The van der Waals surface area contributed by atoms with Gasteiger partial charge in [-0.15, -0.1) is 0 Å². The number of rotatable bonds is 17. The van der Waals surface area contributed by atoms with E-state index in [0.717, 1.165) is 22.3 Å². The van der Waals surface area contributed by atoms with Gasteiger partial charge in [0.1, 0.15) is 24.4 Å². The number of aldehydes is 2. The molecular weight excluding hydrogens is 504 g/mol. The molecule has 4 aromatic rings. The minimum Gasteiger partial charge on any atom is -0.368 e. The molecule has 6 nitrogen and oxygen atoms in total. The highest BCUT2D eigenvalue weighted by Crippen LogP contribution is 2.22. The van der Waals surface area contributed by atoms with Gasteiger partial charge in [0.05, 0.1) is 26.4 Å². The van der Waals surface area contributed by atoms with E-state index in [-0.39, 0.29) is 26.4 Å². The van der Waals surface area contributed by atoms with Crippen LogP contribution in [0, 0.1) is 0 Å². The molecule has 0 radical (unpaired) electrons. The Morgan fingerprint density at radius 3 is 0.900 bits per heavy atom. The zero-order chi connectivity index (χ0) is 27.8. The Morgan fingerprint density at radius 2 is 0.650 bits per heavy atom. The van der Waals surface area contributed by atoms with E-state index in [1.54, 1.807) is 0 Å². The van der Waals surface area contributed by atoms with Crippen molar-refractivity contribution in [2.45, 2.75) is 50.8 Å². The third-order valence-corrected chi connectivity index (χ3v) is 6.38. The molecule has 0 saturated heterocycles. The molecule has 0 bridgehead atoms. The summed E-state index contributed by atoms with van der Waals surface area (Å²) in [6, 6.07) is 38.4. The second-order valence-corrected chi connectivity index (χ2v) is 9.32. The Bertz CT molecular complexity index is 1150. The summed E-state index contributed by atoms with van der Waals surface area (Å²) in [7, 11) is 0. The van der Waals surface area contributed by atoms with Crippen LogP contribution in [0.15, 0.2) is 121 Å². The molecule has 40 heavy (non-hydrogen) atoms. The lowest BCUT2D eigenvalue weighted by Crippen LogP contribution is -2.50. The fourth-order valence-corrected chi connectivity index (χ4v) is 4.24. The molecule has 4 atom stereocenters. The van der Waals surface area contributed by atoms with Crippen LogP contribution in [0.4, 0.5) is 0 Å². The van der Waals surface area contributed by atoms with E-state index >= 15 is 0 Å². The first-order chi connectivity index (χ1) is 19.8. The fourth-order valence-electron chi connectivity index (χ4n) is 4.24.